The Hall–Kier alpha value is -2.83. The molecule has 2 aromatic rings. The second-order valence-corrected chi connectivity index (χ2v) is 6.21. The minimum absolute atomic E-state index is 0.227. The average molecular weight is 355 g/mol. The van der Waals surface area contributed by atoms with Crippen LogP contribution >= 0.6 is 0 Å². The zero-order chi connectivity index (χ0) is 18.2. The number of nitrogens with one attached hydrogen (secondary N) is 2. The van der Waals surface area contributed by atoms with Gasteiger partial charge in [-0.15, -0.1) is 0 Å². The topological polar surface area (TPSA) is 79.4 Å². The van der Waals surface area contributed by atoms with Gasteiger partial charge in [0.2, 0.25) is 5.95 Å². The van der Waals surface area contributed by atoms with Gasteiger partial charge in [0.15, 0.2) is 0 Å². The number of nitrogens with zero attached hydrogens (tertiary/aromatic N) is 3. The van der Waals surface area contributed by atoms with Crippen molar-refractivity contribution in [1.82, 2.24) is 14.9 Å². The Bertz CT molecular complexity index is 702. The fraction of sp³-hybridized carbons (Fsp3) is 0.421. The van der Waals surface area contributed by atoms with Crippen LogP contribution in [0.4, 0.5) is 16.6 Å². The molecular formula is C19H25N5O2. The van der Waals surface area contributed by atoms with E-state index in [0.29, 0.717) is 25.6 Å². The Balaban J connectivity index is 1.49. The second kappa shape index (κ2) is 9.03. The number of aromatic nitrogens is 2. The summed E-state index contributed by atoms with van der Waals surface area (Å²) >= 11 is 0. The lowest BCUT2D eigenvalue weighted by Gasteiger charge is -2.31. The number of carbonyl (C=O) groups is 1. The van der Waals surface area contributed by atoms with Crippen LogP contribution in [0.25, 0.3) is 0 Å². The number of piperidine rings is 1. The predicted molar refractivity (Wildman–Crippen MR) is 101 cm³/mol. The van der Waals surface area contributed by atoms with Gasteiger partial charge >= 0.3 is 6.09 Å². The zero-order valence-electron chi connectivity index (χ0n) is 15.0. The SMILES string of the molecule is CCOC(=O)N1CCC(Nc2nccc(NCc3ccccc3)n2)CC1. The van der Waals surface area contributed by atoms with E-state index >= 15 is 0 Å². The van der Waals surface area contributed by atoms with Crippen molar-refractivity contribution in [1.29, 1.82) is 0 Å². The van der Waals surface area contributed by atoms with E-state index in [9.17, 15) is 4.79 Å². The first kappa shape index (κ1) is 18.0. The quantitative estimate of drug-likeness (QED) is 0.829. The molecule has 7 heteroatoms. The van der Waals surface area contributed by atoms with Crippen molar-refractivity contribution < 1.29 is 9.53 Å². The lowest BCUT2D eigenvalue weighted by molar-refractivity contribution is 0.0983. The lowest BCUT2D eigenvalue weighted by Crippen LogP contribution is -2.42. The predicted octanol–water partition coefficient (Wildman–Crippen LogP) is 3.12. The van der Waals surface area contributed by atoms with E-state index in [0.717, 1.165) is 25.2 Å². The van der Waals surface area contributed by atoms with E-state index in [-0.39, 0.29) is 12.1 Å². The van der Waals surface area contributed by atoms with Gasteiger partial charge in [0.1, 0.15) is 5.82 Å². The number of ether oxygens (including phenoxy) is 1. The van der Waals surface area contributed by atoms with Crippen LogP contribution in [-0.2, 0) is 11.3 Å². The van der Waals surface area contributed by atoms with E-state index in [1.807, 2.05) is 31.2 Å². The number of anilines is 2. The first-order valence-corrected chi connectivity index (χ1v) is 9.03. The Kier molecular flexibility index (Phi) is 6.24. The number of hydrogen-bond acceptors (Lipinski definition) is 6. The molecule has 1 amide bonds. The number of carbonyl (C=O) groups excluding carboxylic acids is 1. The number of rotatable bonds is 6. The van der Waals surface area contributed by atoms with Crippen LogP contribution in [0.5, 0.6) is 0 Å². The van der Waals surface area contributed by atoms with Gasteiger partial charge in [0, 0.05) is 31.9 Å². The van der Waals surface area contributed by atoms with E-state index in [4.69, 9.17) is 4.74 Å². The third-order valence-corrected chi connectivity index (χ3v) is 4.33. The highest BCUT2D eigenvalue weighted by molar-refractivity contribution is 5.67. The van der Waals surface area contributed by atoms with Gasteiger partial charge in [0.25, 0.3) is 0 Å². The van der Waals surface area contributed by atoms with Gasteiger partial charge in [-0.3, -0.25) is 0 Å². The normalized spacial score (nSPS) is 14.7. The third kappa shape index (κ3) is 5.08. The fourth-order valence-corrected chi connectivity index (χ4v) is 2.92. The Labute approximate surface area is 153 Å². The number of benzene rings is 1. The van der Waals surface area contributed by atoms with Crippen LogP contribution in [0.15, 0.2) is 42.6 Å². The molecule has 138 valence electrons. The fourth-order valence-electron chi connectivity index (χ4n) is 2.92. The van der Waals surface area contributed by atoms with E-state index in [2.05, 4.69) is 32.7 Å². The number of hydrogen-bond donors (Lipinski definition) is 2. The van der Waals surface area contributed by atoms with E-state index in [1.165, 1.54) is 5.56 Å². The van der Waals surface area contributed by atoms with Crippen LogP contribution in [0.2, 0.25) is 0 Å². The van der Waals surface area contributed by atoms with Gasteiger partial charge in [-0.25, -0.2) is 9.78 Å². The summed E-state index contributed by atoms with van der Waals surface area (Å²) in [6.07, 6.45) is 3.22. The van der Waals surface area contributed by atoms with Crippen molar-refractivity contribution in [2.24, 2.45) is 0 Å². The Morgan fingerprint density at radius 3 is 2.73 bits per heavy atom. The maximum Gasteiger partial charge on any atom is 0.409 e. The molecular weight excluding hydrogens is 330 g/mol. The van der Waals surface area contributed by atoms with Crippen LogP contribution in [0, 0.1) is 0 Å². The average Bonchev–Trinajstić information content (AvgIpc) is 2.68. The number of likely N-dealkylation sites (tertiary alicyclic amines) is 1. The molecule has 1 fully saturated rings. The Morgan fingerprint density at radius 1 is 1.23 bits per heavy atom. The summed E-state index contributed by atoms with van der Waals surface area (Å²) in [6, 6.07) is 12.3. The molecule has 1 aromatic heterocycles. The minimum Gasteiger partial charge on any atom is -0.450 e. The van der Waals surface area contributed by atoms with Crippen LogP contribution in [-0.4, -0.2) is 46.7 Å². The van der Waals surface area contributed by atoms with Crippen molar-refractivity contribution in [3.8, 4) is 0 Å². The molecule has 2 heterocycles. The van der Waals surface area contributed by atoms with Crippen LogP contribution in [0.1, 0.15) is 25.3 Å². The molecule has 0 spiro atoms. The second-order valence-electron chi connectivity index (χ2n) is 6.21. The van der Waals surface area contributed by atoms with Gasteiger partial charge < -0.3 is 20.3 Å². The maximum absolute atomic E-state index is 11.7. The summed E-state index contributed by atoms with van der Waals surface area (Å²) in [5.74, 6) is 1.40. The molecule has 0 bridgehead atoms. The van der Waals surface area contributed by atoms with Gasteiger partial charge in [-0.1, -0.05) is 30.3 Å². The first-order valence-electron chi connectivity index (χ1n) is 9.03. The summed E-state index contributed by atoms with van der Waals surface area (Å²) in [5.41, 5.74) is 1.20. The largest absolute Gasteiger partial charge is 0.450 e. The summed E-state index contributed by atoms with van der Waals surface area (Å²) < 4.78 is 5.05. The monoisotopic (exact) mass is 355 g/mol. The van der Waals surface area contributed by atoms with Gasteiger partial charge in [-0.05, 0) is 31.4 Å². The minimum atomic E-state index is -0.227. The molecule has 26 heavy (non-hydrogen) atoms. The molecule has 0 atom stereocenters. The molecule has 7 nitrogen and oxygen atoms in total. The van der Waals surface area contributed by atoms with Crippen LogP contribution in [0.3, 0.4) is 0 Å². The molecule has 0 radical (unpaired) electrons. The third-order valence-electron chi connectivity index (χ3n) is 4.33. The van der Waals surface area contributed by atoms with E-state index < -0.39 is 0 Å². The summed E-state index contributed by atoms with van der Waals surface area (Å²) in [5, 5.41) is 6.68. The van der Waals surface area contributed by atoms with Crippen molar-refractivity contribution in [3.05, 3.63) is 48.2 Å². The first-order chi connectivity index (χ1) is 12.7. The van der Waals surface area contributed by atoms with Crippen molar-refractivity contribution >= 4 is 17.9 Å². The van der Waals surface area contributed by atoms with Gasteiger partial charge in [0.05, 0.1) is 6.61 Å². The molecule has 2 N–H and O–H groups in total. The molecule has 1 aromatic carbocycles. The molecule has 1 aliphatic rings. The summed E-state index contributed by atoms with van der Waals surface area (Å²) in [6.45, 7) is 4.32. The molecule has 1 saturated heterocycles. The highest BCUT2D eigenvalue weighted by Gasteiger charge is 2.23. The molecule has 0 aliphatic carbocycles. The van der Waals surface area contributed by atoms with E-state index in [1.54, 1.807) is 11.1 Å². The zero-order valence-corrected chi connectivity index (χ0v) is 15.0. The number of amides is 1. The highest BCUT2D eigenvalue weighted by atomic mass is 16.6. The maximum atomic E-state index is 11.7. The van der Waals surface area contributed by atoms with Crippen molar-refractivity contribution in [2.75, 3.05) is 30.3 Å². The molecule has 0 saturated carbocycles. The Morgan fingerprint density at radius 2 is 2.00 bits per heavy atom. The smallest absolute Gasteiger partial charge is 0.409 e. The van der Waals surface area contributed by atoms with Gasteiger partial charge in [-0.2, -0.15) is 4.98 Å². The molecule has 3 rings (SSSR count). The lowest BCUT2D eigenvalue weighted by atomic mass is 10.1. The van der Waals surface area contributed by atoms with Crippen molar-refractivity contribution in [3.63, 3.8) is 0 Å². The summed E-state index contributed by atoms with van der Waals surface area (Å²) in [4.78, 5) is 22.3. The van der Waals surface area contributed by atoms with Crippen LogP contribution < -0.4 is 10.6 Å². The standard InChI is InChI=1S/C19H25N5O2/c1-2-26-19(25)24-12-9-16(10-13-24)22-18-20-11-8-17(23-18)21-14-15-6-4-3-5-7-15/h3-8,11,16H,2,9-10,12-14H2,1H3,(H2,20,21,22,23). The van der Waals surface area contributed by atoms with Crippen molar-refractivity contribution in [2.45, 2.75) is 32.4 Å². The molecule has 1 aliphatic heterocycles. The molecule has 0 unspecified atom stereocenters. The summed E-state index contributed by atoms with van der Waals surface area (Å²) in [7, 11) is 0. The highest BCUT2D eigenvalue weighted by Crippen LogP contribution is 2.16.